The number of nitrogens with one attached hydrogen (secondary N) is 2. The molecule has 0 radical (unpaired) electrons. The molecule has 2 N–H and O–H groups in total. The van der Waals surface area contributed by atoms with Crippen LogP contribution in [-0.2, 0) is 4.74 Å². The van der Waals surface area contributed by atoms with Crippen LogP contribution >= 0.6 is 0 Å². The molecule has 0 bridgehead atoms. The third-order valence-electron chi connectivity index (χ3n) is 2.63. The number of anilines is 1. The molecule has 0 spiro atoms. The Kier molecular flexibility index (Phi) is 5.60. The van der Waals surface area contributed by atoms with Gasteiger partial charge in [0, 0.05) is 19.7 Å². The molecule has 0 aromatic carbocycles. The molecule has 1 amide bonds. The maximum Gasteiger partial charge on any atom is 0.288 e. The Bertz CT molecular complexity index is 531. The summed E-state index contributed by atoms with van der Waals surface area (Å²) in [6, 6.07) is 1.21. The molecule has 1 heterocycles. The van der Waals surface area contributed by atoms with Gasteiger partial charge in [0.15, 0.2) is 0 Å². The number of pyridine rings is 1. The second-order valence-corrected chi connectivity index (χ2v) is 5.15. The van der Waals surface area contributed by atoms with E-state index in [0.29, 0.717) is 19.0 Å². The summed E-state index contributed by atoms with van der Waals surface area (Å²) < 4.78 is 5.03. The predicted octanol–water partition coefficient (Wildman–Crippen LogP) is 1.58. The maximum atomic E-state index is 12.3. The lowest BCUT2D eigenvalue weighted by Crippen LogP contribution is -2.47. The van der Waals surface area contributed by atoms with Crippen molar-refractivity contribution in [3.8, 4) is 0 Å². The molecule has 1 aromatic heterocycles. The van der Waals surface area contributed by atoms with E-state index in [1.165, 1.54) is 13.2 Å². The van der Waals surface area contributed by atoms with Crippen molar-refractivity contribution in [2.45, 2.75) is 26.3 Å². The molecule has 21 heavy (non-hydrogen) atoms. The highest BCUT2D eigenvalue weighted by molar-refractivity contribution is 5.99. The van der Waals surface area contributed by atoms with Crippen molar-refractivity contribution >= 4 is 17.4 Å². The zero-order valence-electron chi connectivity index (χ0n) is 12.6. The molecule has 8 heteroatoms. The number of nitrogens with zero attached hydrogens (tertiary/aromatic N) is 2. The van der Waals surface area contributed by atoms with E-state index < -0.39 is 16.4 Å². The summed E-state index contributed by atoms with van der Waals surface area (Å²) in [6.07, 6.45) is 1.12. The summed E-state index contributed by atoms with van der Waals surface area (Å²) in [5, 5.41) is 16.5. The fourth-order valence-corrected chi connectivity index (χ4v) is 1.81. The van der Waals surface area contributed by atoms with Crippen LogP contribution < -0.4 is 10.6 Å². The van der Waals surface area contributed by atoms with Crippen molar-refractivity contribution in [1.82, 2.24) is 10.3 Å². The van der Waals surface area contributed by atoms with Crippen molar-refractivity contribution in [3.63, 3.8) is 0 Å². The van der Waals surface area contributed by atoms with Crippen LogP contribution in [0.15, 0.2) is 12.3 Å². The fraction of sp³-hybridized carbons (Fsp3) is 0.538. The normalized spacial score (nSPS) is 11.0. The minimum Gasteiger partial charge on any atom is -0.382 e. The van der Waals surface area contributed by atoms with Crippen LogP contribution in [0.3, 0.4) is 0 Å². The summed E-state index contributed by atoms with van der Waals surface area (Å²) in [5.74, 6) is -0.127. The molecule has 0 aliphatic rings. The van der Waals surface area contributed by atoms with E-state index in [-0.39, 0.29) is 11.3 Å². The van der Waals surface area contributed by atoms with Gasteiger partial charge in [0.05, 0.1) is 22.6 Å². The van der Waals surface area contributed by atoms with Crippen molar-refractivity contribution < 1.29 is 14.5 Å². The smallest absolute Gasteiger partial charge is 0.288 e. The minimum absolute atomic E-state index is 0.134. The molecule has 0 aliphatic carbocycles. The number of carbonyl (C=O) groups is 1. The summed E-state index contributed by atoms with van der Waals surface area (Å²) in [5.41, 5.74) is -0.693. The van der Waals surface area contributed by atoms with Crippen LogP contribution in [0.25, 0.3) is 0 Å². The van der Waals surface area contributed by atoms with Crippen LogP contribution in [0.4, 0.5) is 11.5 Å². The molecule has 0 fully saturated rings. The largest absolute Gasteiger partial charge is 0.382 e. The molecule has 1 rings (SSSR count). The average Bonchev–Trinajstić information content (AvgIpc) is 2.38. The maximum absolute atomic E-state index is 12.3. The van der Waals surface area contributed by atoms with Gasteiger partial charge in [-0.2, -0.15) is 0 Å². The molecule has 8 nitrogen and oxygen atoms in total. The van der Waals surface area contributed by atoms with Gasteiger partial charge in [-0.15, -0.1) is 0 Å². The summed E-state index contributed by atoms with van der Waals surface area (Å²) in [4.78, 5) is 26.5. The van der Waals surface area contributed by atoms with Gasteiger partial charge < -0.3 is 15.4 Å². The lowest BCUT2D eigenvalue weighted by molar-refractivity contribution is -0.385. The number of methoxy groups -OCH3 is 1. The summed E-state index contributed by atoms with van der Waals surface area (Å²) >= 11 is 0. The molecule has 0 aliphatic heterocycles. The molecule has 116 valence electrons. The zero-order chi connectivity index (χ0) is 16.0. The molecule has 0 saturated carbocycles. The second kappa shape index (κ2) is 6.98. The number of nitro groups is 1. The van der Waals surface area contributed by atoms with Crippen LogP contribution in [0.2, 0.25) is 0 Å². The van der Waals surface area contributed by atoms with Crippen LogP contribution in [0, 0.1) is 10.1 Å². The van der Waals surface area contributed by atoms with Crippen LogP contribution in [0.1, 0.15) is 31.1 Å². The van der Waals surface area contributed by atoms with Crippen molar-refractivity contribution in [2.24, 2.45) is 0 Å². The van der Waals surface area contributed by atoms with Crippen LogP contribution in [0.5, 0.6) is 0 Å². The summed E-state index contributed by atoms with van der Waals surface area (Å²) in [7, 11) is 1.53. The third-order valence-corrected chi connectivity index (χ3v) is 2.63. The van der Waals surface area contributed by atoms with Crippen LogP contribution in [-0.4, -0.2) is 41.6 Å². The van der Waals surface area contributed by atoms with Gasteiger partial charge in [0.2, 0.25) is 0 Å². The number of rotatable bonds is 7. The number of amides is 1. The average molecular weight is 296 g/mol. The van der Waals surface area contributed by atoms with E-state index in [9.17, 15) is 14.9 Å². The molecule has 0 atom stereocenters. The summed E-state index contributed by atoms with van der Waals surface area (Å²) in [6.45, 7) is 6.31. The van der Waals surface area contributed by atoms with Gasteiger partial charge >= 0.3 is 0 Å². The fourth-order valence-electron chi connectivity index (χ4n) is 1.81. The molecule has 1 aromatic rings. The highest BCUT2D eigenvalue weighted by Gasteiger charge is 2.24. The number of ether oxygens (including phenoxy) is 1. The van der Waals surface area contributed by atoms with E-state index in [4.69, 9.17) is 4.74 Å². The van der Waals surface area contributed by atoms with Gasteiger partial charge in [0.25, 0.3) is 11.6 Å². The Labute approximate surface area is 123 Å². The lowest BCUT2D eigenvalue weighted by atomic mass is 10.1. The Balaban J connectivity index is 3.10. The first-order valence-corrected chi connectivity index (χ1v) is 6.50. The van der Waals surface area contributed by atoms with Gasteiger partial charge in [-0.1, -0.05) is 0 Å². The van der Waals surface area contributed by atoms with Crippen molar-refractivity contribution in [1.29, 1.82) is 0 Å². The van der Waals surface area contributed by atoms with Crippen molar-refractivity contribution in [3.05, 3.63) is 27.9 Å². The van der Waals surface area contributed by atoms with Gasteiger partial charge in [-0.05, 0) is 20.8 Å². The van der Waals surface area contributed by atoms with Gasteiger partial charge in [-0.3, -0.25) is 14.9 Å². The first-order chi connectivity index (χ1) is 9.80. The SMILES string of the molecule is CCNc1ncc([N+](=O)[O-])cc1C(=O)NC(C)(C)COC. The van der Waals surface area contributed by atoms with Gasteiger partial charge in [-0.25, -0.2) is 4.98 Å². The first kappa shape index (κ1) is 16.8. The van der Waals surface area contributed by atoms with E-state index in [1.54, 1.807) is 13.8 Å². The number of hydrogen-bond donors (Lipinski definition) is 2. The van der Waals surface area contributed by atoms with Gasteiger partial charge in [0.1, 0.15) is 12.0 Å². The van der Waals surface area contributed by atoms with E-state index in [1.807, 2.05) is 6.92 Å². The molecular weight excluding hydrogens is 276 g/mol. The Morgan fingerprint density at radius 3 is 2.71 bits per heavy atom. The molecule has 0 saturated heterocycles. The van der Waals surface area contributed by atoms with E-state index in [2.05, 4.69) is 15.6 Å². The lowest BCUT2D eigenvalue weighted by Gasteiger charge is -2.25. The molecular formula is C13H20N4O4. The third kappa shape index (κ3) is 4.67. The Morgan fingerprint density at radius 1 is 1.52 bits per heavy atom. The van der Waals surface area contributed by atoms with E-state index in [0.717, 1.165) is 6.20 Å². The number of hydrogen-bond acceptors (Lipinski definition) is 6. The number of carbonyl (C=O) groups excluding carboxylic acids is 1. The Morgan fingerprint density at radius 2 is 2.19 bits per heavy atom. The predicted molar refractivity (Wildman–Crippen MR) is 78.5 cm³/mol. The highest BCUT2D eigenvalue weighted by atomic mass is 16.6. The minimum atomic E-state index is -0.597. The topological polar surface area (TPSA) is 106 Å². The second-order valence-electron chi connectivity index (χ2n) is 5.15. The quantitative estimate of drug-likeness (QED) is 0.584. The number of aromatic nitrogens is 1. The monoisotopic (exact) mass is 296 g/mol. The molecule has 0 unspecified atom stereocenters. The van der Waals surface area contributed by atoms with Crippen molar-refractivity contribution in [2.75, 3.05) is 25.6 Å². The van der Waals surface area contributed by atoms with E-state index >= 15 is 0 Å². The zero-order valence-corrected chi connectivity index (χ0v) is 12.6. The first-order valence-electron chi connectivity index (χ1n) is 6.50. The Hall–Kier alpha value is -2.22. The highest BCUT2D eigenvalue weighted by Crippen LogP contribution is 2.20. The standard InChI is InChI=1S/C13H20N4O4/c1-5-14-11-10(6-9(7-15-11)17(19)20)12(18)16-13(2,3)8-21-4/h6-7H,5,8H2,1-4H3,(H,14,15)(H,16,18).